The van der Waals surface area contributed by atoms with Gasteiger partial charge in [-0.05, 0) is 25.0 Å². The molecule has 1 aliphatic heterocycles. The van der Waals surface area contributed by atoms with Gasteiger partial charge in [0, 0.05) is 32.5 Å². The van der Waals surface area contributed by atoms with Crippen molar-refractivity contribution in [3.05, 3.63) is 42.0 Å². The molecule has 0 spiro atoms. The van der Waals surface area contributed by atoms with Crippen molar-refractivity contribution in [3.8, 4) is 5.75 Å². The van der Waals surface area contributed by atoms with Crippen molar-refractivity contribution in [2.75, 3.05) is 26.7 Å². The van der Waals surface area contributed by atoms with Crippen LogP contribution in [0, 0.1) is 5.92 Å². The fourth-order valence-corrected chi connectivity index (χ4v) is 3.40. The molecular weight excluding hydrogens is 372 g/mol. The summed E-state index contributed by atoms with van der Waals surface area (Å²) < 4.78 is 10.8. The summed E-state index contributed by atoms with van der Waals surface area (Å²) in [5.74, 6) is 1.89. The van der Waals surface area contributed by atoms with Gasteiger partial charge in [-0.1, -0.05) is 30.3 Å². The number of hydrogen-bond acceptors (Lipinski definition) is 6. The minimum absolute atomic E-state index is 0.0563. The first-order chi connectivity index (χ1) is 14.1. The van der Waals surface area contributed by atoms with E-state index in [-0.39, 0.29) is 17.7 Å². The number of aromatic nitrogens is 2. The molecule has 156 valence electrons. The van der Waals surface area contributed by atoms with Crippen LogP contribution in [0.15, 0.2) is 34.9 Å². The Labute approximate surface area is 170 Å². The standard InChI is InChI=1S/C21H28N4O4/c1-3-18-22-19(29-23-18)15-24(2)21(27)16-9-12-25(13-10-16)20(26)11-14-28-17-7-5-4-6-8-17/h4-8,16H,3,9-15H2,1-2H3. The third-order valence-corrected chi connectivity index (χ3v) is 5.10. The van der Waals surface area contributed by atoms with Gasteiger partial charge in [0.2, 0.25) is 17.7 Å². The van der Waals surface area contributed by atoms with E-state index in [9.17, 15) is 9.59 Å². The Balaban J connectivity index is 1.39. The Morgan fingerprint density at radius 2 is 1.97 bits per heavy atom. The topological polar surface area (TPSA) is 88.8 Å². The maximum absolute atomic E-state index is 12.7. The number of nitrogens with zero attached hydrogens (tertiary/aromatic N) is 4. The van der Waals surface area contributed by atoms with Crippen molar-refractivity contribution in [3.63, 3.8) is 0 Å². The fourth-order valence-electron chi connectivity index (χ4n) is 3.40. The maximum Gasteiger partial charge on any atom is 0.246 e. The number of piperidine rings is 1. The van der Waals surface area contributed by atoms with Crippen LogP contribution in [-0.2, 0) is 22.6 Å². The minimum atomic E-state index is -0.0850. The zero-order valence-electron chi connectivity index (χ0n) is 17.0. The molecule has 0 bridgehead atoms. The molecule has 0 atom stereocenters. The van der Waals surface area contributed by atoms with Gasteiger partial charge in [-0.3, -0.25) is 9.59 Å². The predicted octanol–water partition coefficient (Wildman–Crippen LogP) is 2.30. The molecule has 2 amide bonds. The van der Waals surface area contributed by atoms with Gasteiger partial charge in [0.05, 0.1) is 19.6 Å². The third kappa shape index (κ3) is 5.79. The summed E-state index contributed by atoms with van der Waals surface area (Å²) in [5, 5.41) is 3.85. The SMILES string of the molecule is CCc1noc(CN(C)C(=O)C2CCN(C(=O)CCOc3ccccc3)CC2)n1. The zero-order valence-corrected chi connectivity index (χ0v) is 17.0. The lowest BCUT2D eigenvalue weighted by molar-refractivity contribution is -0.140. The van der Waals surface area contributed by atoms with Crippen molar-refractivity contribution in [2.24, 2.45) is 5.92 Å². The fraction of sp³-hybridized carbons (Fsp3) is 0.524. The summed E-state index contributed by atoms with van der Waals surface area (Å²) in [4.78, 5) is 32.8. The van der Waals surface area contributed by atoms with E-state index in [2.05, 4.69) is 10.1 Å². The van der Waals surface area contributed by atoms with Crippen LogP contribution >= 0.6 is 0 Å². The molecule has 8 nitrogen and oxygen atoms in total. The largest absolute Gasteiger partial charge is 0.493 e. The molecule has 3 rings (SSSR count). The van der Waals surface area contributed by atoms with E-state index in [1.165, 1.54) is 0 Å². The minimum Gasteiger partial charge on any atom is -0.493 e. The monoisotopic (exact) mass is 400 g/mol. The van der Waals surface area contributed by atoms with Gasteiger partial charge in [0.1, 0.15) is 5.75 Å². The number of para-hydroxylation sites is 1. The summed E-state index contributed by atoms with van der Waals surface area (Å²) in [5.41, 5.74) is 0. The van der Waals surface area contributed by atoms with E-state index >= 15 is 0 Å². The third-order valence-electron chi connectivity index (χ3n) is 5.10. The Morgan fingerprint density at radius 3 is 2.62 bits per heavy atom. The average molecular weight is 400 g/mol. The van der Waals surface area contributed by atoms with E-state index in [1.54, 1.807) is 11.9 Å². The smallest absolute Gasteiger partial charge is 0.246 e. The van der Waals surface area contributed by atoms with Crippen LogP contribution < -0.4 is 4.74 Å². The van der Waals surface area contributed by atoms with Crippen LogP contribution in [-0.4, -0.2) is 58.5 Å². The van der Waals surface area contributed by atoms with Crippen molar-refractivity contribution in [1.29, 1.82) is 0 Å². The van der Waals surface area contributed by atoms with Gasteiger partial charge >= 0.3 is 0 Å². The van der Waals surface area contributed by atoms with E-state index in [0.717, 1.165) is 5.75 Å². The van der Waals surface area contributed by atoms with Crippen LogP contribution in [0.5, 0.6) is 5.75 Å². The summed E-state index contributed by atoms with van der Waals surface area (Å²) in [6, 6.07) is 9.46. The lowest BCUT2D eigenvalue weighted by Gasteiger charge is -2.33. The highest BCUT2D eigenvalue weighted by Gasteiger charge is 2.29. The van der Waals surface area contributed by atoms with Crippen LogP contribution in [0.4, 0.5) is 0 Å². The average Bonchev–Trinajstić information content (AvgIpc) is 3.21. The Bertz CT molecular complexity index is 800. The molecule has 0 aliphatic carbocycles. The number of carbonyl (C=O) groups is 2. The summed E-state index contributed by atoms with van der Waals surface area (Å²) >= 11 is 0. The number of aryl methyl sites for hydroxylation is 1. The molecule has 0 N–H and O–H groups in total. The van der Waals surface area contributed by atoms with Crippen molar-refractivity contribution in [1.82, 2.24) is 19.9 Å². The van der Waals surface area contributed by atoms with Crippen molar-refractivity contribution >= 4 is 11.8 Å². The molecule has 0 saturated carbocycles. The molecular formula is C21H28N4O4. The van der Waals surface area contributed by atoms with Gasteiger partial charge in [-0.15, -0.1) is 0 Å². The van der Waals surface area contributed by atoms with E-state index in [4.69, 9.17) is 9.26 Å². The molecule has 1 aliphatic rings. The quantitative estimate of drug-likeness (QED) is 0.676. The Hall–Kier alpha value is -2.90. The van der Waals surface area contributed by atoms with Crippen molar-refractivity contribution in [2.45, 2.75) is 39.2 Å². The predicted molar refractivity (Wildman–Crippen MR) is 106 cm³/mol. The first-order valence-electron chi connectivity index (χ1n) is 10.1. The first kappa shape index (κ1) is 20.8. The summed E-state index contributed by atoms with van der Waals surface area (Å²) in [6.07, 6.45) is 2.37. The summed E-state index contributed by atoms with van der Waals surface area (Å²) in [6.45, 7) is 3.80. The number of ether oxygens (including phenoxy) is 1. The Kier molecular flexibility index (Phi) is 7.21. The van der Waals surface area contributed by atoms with Crippen LogP contribution in [0.3, 0.4) is 0 Å². The highest BCUT2D eigenvalue weighted by atomic mass is 16.5. The number of hydrogen-bond donors (Lipinski definition) is 0. The highest BCUT2D eigenvalue weighted by molar-refractivity contribution is 5.80. The molecule has 0 radical (unpaired) electrons. The van der Waals surface area contributed by atoms with Crippen molar-refractivity contribution < 1.29 is 18.8 Å². The van der Waals surface area contributed by atoms with Crippen LogP contribution in [0.2, 0.25) is 0 Å². The van der Waals surface area contributed by atoms with Crippen LogP contribution in [0.1, 0.15) is 37.9 Å². The molecule has 1 fully saturated rings. The second-order valence-corrected chi connectivity index (χ2v) is 7.22. The second kappa shape index (κ2) is 10.0. The van der Waals surface area contributed by atoms with Gasteiger partial charge in [0.15, 0.2) is 5.82 Å². The van der Waals surface area contributed by atoms with Gasteiger partial charge < -0.3 is 19.1 Å². The number of rotatable bonds is 8. The molecule has 1 aromatic carbocycles. The molecule has 1 saturated heterocycles. The number of likely N-dealkylation sites (tertiary alicyclic amines) is 1. The molecule has 8 heteroatoms. The van der Waals surface area contributed by atoms with E-state index < -0.39 is 0 Å². The lowest BCUT2D eigenvalue weighted by atomic mass is 9.95. The number of amides is 2. The number of benzene rings is 1. The zero-order chi connectivity index (χ0) is 20.6. The number of carbonyl (C=O) groups excluding carboxylic acids is 2. The van der Waals surface area contributed by atoms with Gasteiger partial charge in [0.25, 0.3) is 0 Å². The molecule has 0 unspecified atom stereocenters. The molecule has 1 aromatic heterocycles. The van der Waals surface area contributed by atoms with Gasteiger partial charge in [-0.2, -0.15) is 4.98 Å². The van der Waals surface area contributed by atoms with E-state index in [1.807, 2.05) is 42.2 Å². The molecule has 2 aromatic rings. The van der Waals surface area contributed by atoms with Crippen LogP contribution in [0.25, 0.3) is 0 Å². The highest BCUT2D eigenvalue weighted by Crippen LogP contribution is 2.21. The molecule has 29 heavy (non-hydrogen) atoms. The summed E-state index contributed by atoms with van der Waals surface area (Å²) in [7, 11) is 1.75. The van der Waals surface area contributed by atoms with E-state index in [0.29, 0.717) is 63.6 Å². The Morgan fingerprint density at radius 1 is 1.24 bits per heavy atom. The lowest BCUT2D eigenvalue weighted by Crippen LogP contribution is -2.43. The molecule has 2 heterocycles. The normalized spacial score (nSPS) is 14.6. The van der Waals surface area contributed by atoms with Gasteiger partial charge in [-0.25, -0.2) is 0 Å². The first-order valence-corrected chi connectivity index (χ1v) is 10.1. The maximum atomic E-state index is 12.7. The second-order valence-electron chi connectivity index (χ2n) is 7.22.